The van der Waals surface area contributed by atoms with Crippen LogP contribution in [0.4, 0.5) is 10.5 Å². The average Bonchev–Trinajstić information content (AvgIpc) is 2.60. The summed E-state index contributed by atoms with van der Waals surface area (Å²) >= 11 is 0. The van der Waals surface area contributed by atoms with Gasteiger partial charge in [-0.2, -0.15) is 0 Å². The molecule has 0 radical (unpaired) electrons. The fraction of sp³-hybridized carbons (Fsp3) is 0.333. The van der Waals surface area contributed by atoms with Crippen molar-refractivity contribution < 1.29 is 19.1 Å². The first-order chi connectivity index (χ1) is 14.0. The average molecular weight is 409 g/mol. The summed E-state index contributed by atoms with van der Waals surface area (Å²) in [7, 11) is 0. The first kappa shape index (κ1) is 21.6. The van der Waals surface area contributed by atoms with Gasteiger partial charge in [0.2, 0.25) is 0 Å². The van der Waals surface area contributed by atoms with E-state index in [2.05, 4.69) is 0 Å². The van der Waals surface area contributed by atoms with Gasteiger partial charge >= 0.3 is 11.7 Å². The molecule has 3 aromatic rings. The molecule has 1 amide bonds. The van der Waals surface area contributed by atoms with Crippen LogP contribution in [0.2, 0.25) is 0 Å². The zero-order valence-electron chi connectivity index (χ0n) is 18.1. The number of amides is 1. The maximum Gasteiger partial charge on any atom is 0.416 e. The second kappa shape index (κ2) is 7.95. The molecule has 1 atom stereocenters. The number of hydrogen-bond donors (Lipinski definition) is 1. The number of fused-ring (bicyclic) bond motifs is 1. The third-order valence-electron chi connectivity index (χ3n) is 4.70. The zero-order valence-corrected chi connectivity index (χ0v) is 18.1. The SMILES string of the molecule is Cc1cc(-c2ccc3c(C)cc(=O)oc3c2)ccc1N(C(=O)OC(C)(C)C)C(C)O. The lowest BCUT2D eigenvalue weighted by Gasteiger charge is -2.30. The highest BCUT2D eigenvalue weighted by molar-refractivity contribution is 5.90. The standard InChI is InChI=1S/C24H27NO5/c1-14-12-22(27)29-21-13-18(7-9-19(14)21)17-8-10-20(15(2)11-17)25(16(3)26)23(28)30-24(4,5)6/h7-13,16,26H,1-6H3. The third kappa shape index (κ3) is 4.54. The Morgan fingerprint density at radius 3 is 2.27 bits per heavy atom. The molecule has 0 saturated carbocycles. The molecule has 2 aromatic carbocycles. The molecular weight excluding hydrogens is 382 g/mol. The minimum absolute atomic E-state index is 0.381. The molecule has 0 aliphatic heterocycles. The Morgan fingerprint density at radius 1 is 1.03 bits per heavy atom. The maximum atomic E-state index is 12.6. The molecule has 1 unspecified atom stereocenters. The Balaban J connectivity index is 2.01. The molecule has 0 saturated heterocycles. The van der Waals surface area contributed by atoms with Gasteiger partial charge in [-0.15, -0.1) is 0 Å². The lowest BCUT2D eigenvalue weighted by Crippen LogP contribution is -2.42. The summed E-state index contributed by atoms with van der Waals surface area (Å²) in [5, 5.41) is 11.1. The van der Waals surface area contributed by atoms with Crippen molar-refractivity contribution in [1.29, 1.82) is 0 Å². The number of aryl methyl sites for hydroxylation is 2. The number of ether oxygens (including phenoxy) is 1. The molecule has 1 N–H and O–H groups in total. The Hall–Kier alpha value is -3.12. The van der Waals surface area contributed by atoms with E-state index in [1.54, 1.807) is 26.8 Å². The highest BCUT2D eigenvalue weighted by atomic mass is 16.6. The first-order valence-electron chi connectivity index (χ1n) is 9.82. The van der Waals surface area contributed by atoms with E-state index in [9.17, 15) is 14.7 Å². The summed E-state index contributed by atoms with van der Waals surface area (Å²) in [4.78, 5) is 25.6. The van der Waals surface area contributed by atoms with E-state index in [4.69, 9.17) is 9.15 Å². The number of aliphatic hydroxyl groups excluding tert-OH is 1. The minimum atomic E-state index is -1.05. The summed E-state index contributed by atoms with van der Waals surface area (Å²) in [5.74, 6) is 0. The minimum Gasteiger partial charge on any atom is -0.443 e. The number of nitrogens with zero attached hydrogens (tertiary/aromatic N) is 1. The number of carbonyl (C=O) groups excluding carboxylic acids is 1. The normalized spacial score (nSPS) is 12.6. The Labute approximate surface area is 175 Å². The molecule has 0 spiro atoms. The van der Waals surface area contributed by atoms with Crippen LogP contribution >= 0.6 is 0 Å². The van der Waals surface area contributed by atoms with Crippen LogP contribution in [0.3, 0.4) is 0 Å². The van der Waals surface area contributed by atoms with Gasteiger partial charge in [0.05, 0.1) is 5.69 Å². The van der Waals surface area contributed by atoms with Crippen LogP contribution in [-0.2, 0) is 4.74 Å². The monoisotopic (exact) mass is 409 g/mol. The largest absolute Gasteiger partial charge is 0.443 e. The van der Waals surface area contributed by atoms with E-state index >= 15 is 0 Å². The van der Waals surface area contributed by atoms with E-state index in [1.165, 1.54) is 17.9 Å². The van der Waals surface area contributed by atoms with Gasteiger partial charge in [0.1, 0.15) is 17.4 Å². The lowest BCUT2D eigenvalue weighted by molar-refractivity contribution is 0.0490. The molecule has 1 aromatic heterocycles. The molecular formula is C24H27NO5. The van der Waals surface area contributed by atoms with Crippen molar-refractivity contribution in [2.24, 2.45) is 0 Å². The van der Waals surface area contributed by atoms with E-state index < -0.39 is 17.9 Å². The molecule has 3 rings (SSSR count). The smallest absolute Gasteiger partial charge is 0.416 e. The van der Waals surface area contributed by atoms with E-state index in [1.807, 2.05) is 44.2 Å². The van der Waals surface area contributed by atoms with Gasteiger partial charge in [0.15, 0.2) is 0 Å². The number of aliphatic hydroxyl groups is 1. The van der Waals surface area contributed by atoms with Gasteiger partial charge in [-0.3, -0.25) is 4.90 Å². The summed E-state index contributed by atoms with van der Waals surface area (Å²) in [6.07, 6.45) is -1.67. The van der Waals surface area contributed by atoms with Crippen LogP contribution in [0.5, 0.6) is 0 Å². The van der Waals surface area contributed by atoms with E-state index in [-0.39, 0.29) is 5.63 Å². The molecule has 0 fully saturated rings. The van der Waals surface area contributed by atoms with Crippen molar-refractivity contribution in [3.63, 3.8) is 0 Å². The van der Waals surface area contributed by atoms with Crippen molar-refractivity contribution in [2.45, 2.75) is 53.4 Å². The van der Waals surface area contributed by atoms with Crippen molar-refractivity contribution >= 4 is 22.7 Å². The van der Waals surface area contributed by atoms with E-state index in [0.717, 1.165) is 27.6 Å². The summed E-state index contributed by atoms with van der Waals surface area (Å²) < 4.78 is 10.8. The maximum absolute atomic E-state index is 12.6. The number of benzene rings is 2. The van der Waals surface area contributed by atoms with Crippen LogP contribution in [-0.4, -0.2) is 23.0 Å². The summed E-state index contributed by atoms with van der Waals surface area (Å²) in [6.45, 7) is 10.6. The number of anilines is 1. The highest BCUT2D eigenvalue weighted by Crippen LogP contribution is 2.31. The van der Waals surface area contributed by atoms with Crippen LogP contribution in [0.25, 0.3) is 22.1 Å². The van der Waals surface area contributed by atoms with Crippen molar-refractivity contribution in [2.75, 3.05) is 4.90 Å². The van der Waals surface area contributed by atoms with Crippen LogP contribution in [0.15, 0.2) is 51.7 Å². The van der Waals surface area contributed by atoms with Gasteiger partial charge in [-0.05, 0) is 82.0 Å². The lowest BCUT2D eigenvalue weighted by atomic mass is 10.00. The van der Waals surface area contributed by atoms with Gasteiger partial charge in [-0.1, -0.05) is 18.2 Å². The molecule has 30 heavy (non-hydrogen) atoms. The summed E-state index contributed by atoms with van der Waals surface area (Å²) in [6, 6.07) is 12.7. The highest BCUT2D eigenvalue weighted by Gasteiger charge is 2.27. The molecule has 158 valence electrons. The van der Waals surface area contributed by atoms with Crippen molar-refractivity contribution in [3.05, 3.63) is 64.0 Å². The molecule has 0 aliphatic rings. The number of carbonyl (C=O) groups is 1. The quantitative estimate of drug-likeness (QED) is 0.478. The molecule has 6 heteroatoms. The van der Waals surface area contributed by atoms with Crippen molar-refractivity contribution in [1.82, 2.24) is 0 Å². The topological polar surface area (TPSA) is 80.0 Å². The zero-order chi connectivity index (χ0) is 22.2. The third-order valence-corrected chi connectivity index (χ3v) is 4.70. The molecule has 0 aliphatic carbocycles. The molecule has 1 heterocycles. The predicted octanol–water partition coefficient (Wildman–Crippen LogP) is 5.16. The second-order valence-electron chi connectivity index (χ2n) is 8.44. The Morgan fingerprint density at radius 2 is 1.67 bits per heavy atom. The number of rotatable bonds is 3. The number of hydrogen-bond acceptors (Lipinski definition) is 5. The first-order valence-corrected chi connectivity index (χ1v) is 9.82. The molecule has 6 nitrogen and oxygen atoms in total. The fourth-order valence-corrected chi connectivity index (χ4v) is 3.37. The Kier molecular flexibility index (Phi) is 5.72. The fourth-order valence-electron chi connectivity index (χ4n) is 3.37. The van der Waals surface area contributed by atoms with Gasteiger partial charge in [0, 0.05) is 11.5 Å². The van der Waals surface area contributed by atoms with Gasteiger partial charge < -0.3 is 14.3 Å². The van der Waals surface area contributed by atoms with Crippen LogP contribution in [0.1, 0.15) is 38.8 Å². The molecule has 0 bridgehead atoms. The van der Waals surface area contributed by atoms with E-state index in [0.29, 0.717) is 11.3 Å². The van der Waals surface area contributed by atoms with Gasteiger partial charge in [-0.25, -0.2) is 9.59 Å². The second-order valence-corrected chi connectivity index (χ2v) is 8.44. The van der Waals surface area contributed by atoms with Gasteiger partial charge in [0.25, 0.3) is 0 Å². The Bertz CT molecular complexity index is 1150. The summed E-state index contributed by atoms with van der Waals surface area (Å²) in [5.41, 5.74) is 3.47. The van der Waals surface area contributed by atoms with Crippen LogP contribution < -0.4 is 10.5 Å². The predicted molar refractivity (Wildman–Crippen MR) is 118 cm³/mol. The van der Waals surface area contributed by atoms with Crippen molar-refractivity contribution in [3.8, 4) is 11.1 Å². The van der Waals surface area contributed by atoms with Crippen LogP contribution in [0, 0.1) is 13.8 Å².